The van der Waals surface area contributed by atoms with Crippen molar-refractivity contribution in [2.24, 2.45) is 0 Å². The van der Waals surface area contributed by atoms with Crippen LogP contribution in [0.2, 0.25) is 5.02 Å². The third-order valence-electron chi connectivity index (χ3n) is 3.45. The molecule has 0 N–H and O–H groups in total. The van der Waals surface area contributed by atoms with Gasteiger partial charge in [0.2, 0.25) is 0 Å². The predicted molar refractivity (Wildman–Crippen MR) is 84.4 cm³/mol. The maximum absolute atomic E-state index is 6.55. The number of aryl methyl sites for hydroxylation is 3. The molecule has 0 heterocycles. The first-order valence-electron chi connectivity index (χ1n) is 6.43. The van der Waals surface area contributed by atoms with Crippen LogP contribution in [0.4, 0.5) is 0 Å². The van der Waals surface area contributed by atoms with E-state index in [-0.39, 0.29) is 5.38 Å². The largest absolute Gasteiger partial charge is 0.117 e. The molecule has 2 heteroatoms. The normalized spacial score (nSPS) is 12.5. The highest BCUT2D eigenvalue weighted by Crippen LogP contribution is 2.29. The molecule has 0 radical (unpaired) electrons. The zero-order chi connectivity index (χ0) is 14.0. The highest BCUT2D eigenvalue weighted by Gasteiger charge is 2.11. The van der Waals surface area contributed by atoms with Gasteiger partial charge >= 0.3 is 0 Å². The summed E-state index contributed by atoms with van der Waals surface area (Å²) in [5.74, 6) is 0. The van der Waals surface area contributed by atoms with Crippen LogP contribution < -0.4 is 0 Å². The zero-order valence-corrected chi connectivity index (χ0v) is 13.0. The number of hydrogen-bond acceptors (Lipinski definition) is 0. The van der Waals surface area contributed by atoms with Crippen LogP contribution in [0.25, 0.3) is 0 Å². The Kier molecular flexibility index (Phi) is 4.54. The summed E-state index contributed by atoms with van der Waals surface area (Å²) in [6, 6.07) is 12.5. The summed E-state index contributed by atoms with van der Waals surface area (Å²) in [5, 5.41) is 0.774. The average Bonchev–Trinajstić information content (AvgIpc) is 2.37. The van der Waals surface area contributed by atoms with Gasteiger partial charge in [-0.25, -0.2) is 0 Å². The summed E-state index contributed by atoms with van der Waals surface area (Å²) in [4.78, 5) is 0. The maximum atomic E-state index is 6.55. The van der Waals surface area contributed by atoms with Gasteiger partial charge in [-0.1, -0.05) is 47.5 Å². The molecule has 0 bridgehead atoms. The first-order valence-corrected chi connectivity index (χ1v) is 7.25. The molecule has 0 spiro atoms. The van der Waals surface area contributed by atoms with Crippen LogP contribution >= 0.6 is 23.2 Å². The summed E-state index contributed by atoms with van der Waals surface area (Å²) >= 11 is 12.6. The Bertz CT molecular complexity index is 588. The minimum Gasteiger partial charge on any atom is -0.117 e. The molecule has 0 aliphatic rings. The third kappa shape index (κ3) is 3.52. The van der Waals surface area contributed by atoms with E-state index >= 15 is 0 Å². The van der Waals surface area contributed by atoms with Crippen molar-refractivity contribution in [1.82, 2.24) is 0 Å². The van der Waals surface area contributed by atoms with E-state index in [9.17, 15) is 0 Å². The molecule has 0 fully saturated rings. The second kappa shape index (κ2) is 5.98. The Morgan fingerprint density at radius 2 is 1.68 bits per heavy atom. The van der Waals surface area contributed by atoms with Gasteiger partial charge in [-0.2, -0.15) is 0 Å². The lowest BCUT2D eigenvalue weighted by Gasteiger charge is -2.14. The molecule has 0 saturated carbocycles. The van der Waals surface area contributed by atoms with Gasteiger partial charge in [0.15, 0.2) is 0 Å². The van der Waals surface area contributed by atoms with Gasteiger partial charge in [0, 0.05) is 5.02 Å². The van der Waals surface area contributed by atoms with Crippen molar-refractivity contribution in [2.75, 3.05) is 0 Å². The van der Waals surface area contributed by atoms with Crippen LogP contribution in [0.3, 0.4) is 0 Å². The van der Waals surface area contributed by atoms with Crippen molar-refractivity contribution < 1.29 is 0 Å². The molecule has 2 aromatic carbocycles. The second-order valence-electron chi connectivity index (χ2n) is 5.11. The summed E-state index contributed by atoms with van der Waals surface area (Å²) in [6.45, 7) is 6.25. The van der Waals surface area contributed by atoms with Crippen LogP contribution in [0, 0.1) is 20.8 Å². The van der Waals surface area contributed by atoms with Crippen molar-refractivity contribution in [3.63, 3.8) is 0 Å². The van der Waals surface area contributed by atoms with Crippen LogP contribution in [-0.4, -0.2) is 0 Å². The number of alkyl halides is 1. The van der Waals surface area contributed by atoms with Gasteiger partial charge < -0.3 is 0 Å². The SMILES string of the molecule is Cc1ccc(C)c(CC(Cl)c2ccc(Cl)c(C)c2)c1. The topological polar surface area (TPSA) is 0 Å². The van der Waals surface area contributed by atoms with Crippen molar-refractivity contribution in [3.8, 4) is 0 Å². The highest BCUT2D eigenvalue weighted by molar-refractivity contribution is 6.31. The second-order valence-corrected chi connectivity index (χ2v) is 6.04. The predicted octanol–water partition coefficient (Wildman–Crippen LogP) is 5.79. The molecule has 0 aliphatic carbocycles. The zero-order valence-electron chi connectivity index (χ0n) is 11.5. The Hall–Kier alpha value is -0.980. The van der Waals surface area contributed by atoms with Crippen LogP contribution in [0.1, 0.15) is 33.2 Å². The van der Waals surface area contributed by atoms with Gasteiger partial charge in [-0.05, 0) is 55.5 Å². The molecule has 1 atom stereocenters. The molecule has 0 aromatic heterocycles. The molecule has 1 unspecified atom stereocenters. The monoisotopic (exact) mass is 292 g/mol. The number of hydrogen-bond donors (Lipinski definition) is 0. The maximum Gasteiger partial charge on any atom is 0.0625 e. The Balaban J connectivity index is 2.22. The third-order valence-corrected chi connectivity index (χ3v) is 4.28. The minimum atomic E-state index is -0.0172. The fourth-order valence-corrected chi connectivity index (χ4v) is 2.61. The fraction of sp³-hybridized carbons (Fsp3) is 0.294. The summed E-state index contributed by atoms with van der Waals surface area (Å²) in [7, 11) is 0. The summed E-state index contributed by atoms with van der Waals surface area (Å²) in [5.41, 5.74) is 6.08. The van der Waals surface area contributed by atoms with E-state index in [0.29, 0.717) is 0 Å². The Morgan fingerprint density at radius 3 is 2.37 bits per heavy atom. The lowest BCUT2D eigenvalue weighted by atomic mass is 9.98. The van der Waals surface area contributed by atoms with E-state index in [1.54, 1.807) is 0 Å². The molecule has 19 heavy (non-hydrogen) atoms. The van der Waals surface area contributed by atoms with E-state index in [2.05, 4.69) is 38.1 Å². The molecule has 0 nitrogen and oxygen atoms in total. The summed E-state index contributed by atoms with van der Waals surface area (Å²) < 4.78 is 0. The quantitative estimate of drug-likeness (QED) is 0.628. The fourth-order valence-electron chi connectivity index (χ4n) is 2.19. The molecule has 2 rings (SSSR count). The molecular formula is C17H18Cl2. The van der Waals surface area contributed by atoms with Gasteiger partial charge in [0.1, 0.15) is 0 Å². The lowest BCUT2D eigenvalue weighted by molar-refractivity contribution is 0.907. The van der Waals surface area contributed by atoms with Gasteiger partial charge in [-0.3, -0.25) is 0 Å². The van der Waals surface area contributed by atoms with E-state index in [1.165, 1.54) is 16.7 Å². The average molecular weight is 293 g/mol. The number of halogens is 2. The first kappa shape index (κ1) is 14.4. The Morgan fingerprint density at radius 1 is 0.947 bits per heavy atom. The highest BCUT2D eigenvalue weighted by atomic mass is 35.5. The van der Waals surface area contributed by atoms with Crippen molar-refractivity contribution in [2.45, 2.75) is 32.6 Å². The van der Waals surface area contributed by atoms with Gasteiger partial charge in [0.05, 0.1) is 5.38 Å². The van der Waals surface area contributed by atoms with Crippen molar-refractivity contribution in [1.29, 1.82) is 0 Å². The first-order chi connectivity index (χ1) is 8.97. The van der Waals surface area contributed by atoms with Crippen LogP contribution in [0.5, 0.6) is 0 Å². The molecule has 0 saturated heterocycles. The lowest BCUT2D eigenvalue weighted by Crippen LogP contribution is -1.99. The molecular weight excluding hydrogens is 275 g/mol. The Labute approximate surface area is 125 Å². The van der Waals surface area contributed by atoms with Gasteiger partial charge in [0.25, 0.3) is 0 Å². The van der Waals surface area contributed by atoms with Crippen molar-refractivity contribution in [3.05, 3.63) is 69.2 Å². The van der Waals surface area contributed by atoms with Crippen LogP contribution in [-0.2, 0) is 6.42 Å². The molecule has 2 aromatic rings. The number of rotatable bonds is 3. The van der Waals surface area contributed by atoms with Crippen LogP contribution in [0.15, 0.2) is 36.4 Å². The molecule has 0 aliphatic heterocycles. The van der Waals surface area contributed by atoms with Crippen molar-refractivity contribution >= 4 is 23.2 Å². The molecule has 0 amide bonds. The smallest absolute Gasteiger partial charge is 0.0625 e. The molecule has 100 valence electrons. The summed E-state index contributed by atoms with van der Waals surface area (Å²) in [6.07, 6.45) is 0.843. The standard InChI is InChI=1S/C17H18Cl2/c1-11-4-5-12(2)15(8-11)10-17(19)14-6-7-16(18)13(3)9-14/h4-9,17H,10H2,1-3H3. The van der Waals surface area contributed by atoms with Gasteiger partial charge in [-0.15, -0.1) is 11.6 Å². The van der Waals surface area contributed by atoms with E-state index < -0.39 is 0 Å². The van der Waals surface area contributed by atoms with E-state index in [1.807, 2.05) is 19.1 Å². The minimum absolute atomic E-state index is 0.0172. The number of benzene rings is 2. The van der Waals surface area contributed by atoms with E-state index in [0.717, 1.165) is 22.6 Å². The van der Waals surface area contributed by atoms with E-state index in [4.69, 9.17) is 23.2 Å².